The Hall–Kier alpha value is 0.0200. The van der Waals surface area contributed by atoms with E-state index < -0.39 is 10.0 Å². The molecule has 1 heterocycles. The number of pyridine rings is 1. The summed E-state index contributed by atoms with van der Waals surface area (Å²) in [5, 5.41) is 0.770. The van der Waals surface area contributed by atoms with Gasteiger partial charge in [-0.15, -0.1) is 0 Å². The topological polar surface area (TPSA) is 59.1 Å². The Bertz CT molecular complexity index is 508. The van der Waals surface area contributed by atoms with E-state index in [1.165, 1.54) is 6.20 Å². The number of hydrogen-bond acceptors (Lipinski definition) is 3. The van der Waals surface area contributed by atoms with Crippen LogP contribution < -0.4 is 4.72 Å². The maximum atomic E-state index is 12.2. The fourth-order valence-electron chi connectivity index (χ4n) is 1.61. The van der Waals surface area contributed by atoms with Crippen molar-refractivity contribution in [2.45, 2.75) is 31.6 Å². The Morgan fingerprint density at radius 2 is 1.95 bits per heavy atom. The van der Waals surface area contributed by atoms with E-state index >= 15 is 0 Å². The van der Waals surface area contributed by atoms with Crippen molar-refractivity contribution in [1.29, 1.82) is 0 Å². The second-order valence-electron chi connectivity index (χ2n) is 4.50. The third-order valence-electron chi connectivity index (χ3n) is 3.41. The van der Waals surface area contributed by atoms with Gasteiger partial charge in [0.05, 0.1) is 0 Å². The molecule has 1 N–H and O–H groups in total. The van der Waals surface area contributed by atoms with E-state index in [0.29, 0.717) is 11.0 Å². The van der Waals surface area contributed by atoms with Crippen molar-refractivity contribution in [2.75, 3.05) is 11.9 Å². The minimum absolute atomic E-state index is 0.0491. The minimum atomic E-state index is -3.51. The van der Waals surface area contributed by atoms with Gasteiger partial charge in [-0.2, -0.15) is 0 Å². The van der Waals surface area contributed by atoms with Crippen molar-refractivity contribution >= 4 is 41.9 Å². The fraction of sp³-hybridized carbons (Fsp3) is 0.583. The SMILES string of the molecule is CCC(CC)(CBr)CNS(=O)(=O)c1cncc(Br)c1. The van der Waals surface area contributed by atoms with E-state index in [9.17, 15) is 8.42 Å². The third-order valence-corrected chi connectivity index (χ3v) is 6.40. The van der Waals surface area contributed by atoms with Gasteiger partial charge in [0.2, 0.25) is 10.0 Å². The lowest BCUT2D eigenvalue weighted by Crippen LogP contribution is -2.38. The lowest BCUT2D eigenvalue weighted by atomic mass is 9.85. The zero-order valence-electron chi connectivity index (χ0n) is 11.0. The van der Waals surface area contributed by atoms with Crippen LogP contribution in [0.5, 0.6) is 0 Å². The van der Waals surface area contributed by atoms with Crippen LogP contribution in [-0.2, 0) is 10.0 Å². The first-order valence-corrected chi connectivity index (χ1v) is 9.45. The highest BCUT2D eigenvalue weighted by Crippen LogP contribution is 2.28. The summed E-state index contributed by atoms with van der Waals surface area (Å²) in [4.78, 5) is 4.06. The molecule has 1 rings (SSSR count). The summed E-state index contributed by atoms with van der Waals surface area (Å²) in [6.45, 7) is 4.56. The molecule has 0 aliphatic rings. The van der Waals surface area contributed by atoms with Gasteiger partial charge < -0.3 is 0 Å². The molecule has 0 spiro atoms. The molecule has 0 saturated carbocycles. The number of nitrogens with one attached hydrogen (secondary N) is 1. The average Bonchev–Trinajstić information content (AvgIpc) is 2.41. The molecule has 1 aromatic rings. The monoisotopic (exact) mass is 412 g/mol. The molecule has 4 nitrogen and oxygen atoms in total. The summed E-state index contributed by atoms with van der Waals surface area (Å²) in [5.74, 6) is 0. The van der Waals surface area contributed by atoms with Gasteiger partial charge in [-0.1, -0.05) is 29.8 Å². The van der Waals surface area contributed by atoms with Crippen molar-refractivity contribution < 1.29 is 8.42 Å². The van der Waals surface area contributed by atoms with Gasteiger partial charge in [-0.25, -0.2) is 13.1 Å². The van der Waals surface area contributed by atoms with Gasteiger partial charge in [0.1, 0.15) is 4.90 Å². The Morgan fingerprint density at radius 1 is 1.32 bits per heavy atom. The van der Waals surface area contributed by atoms with E-state index in [1.807, 2.05) is 0 Å². The van der Waals surface area contributed by atoms with Crippen LogP contribution in [-0.4, -0.2) is 25.3 Å². The predicted octanol–water partition coefficient (Wildman–Crippen LogP) is 3.32. The van der Waals surface area contributed by atoms with Crippen LogP contribution in [0.15, 0.2) is 27.8 Å². The number of nitrogens with zero attached hydrogens (tertiary/aromatic N) is 1. The first-order chi connectivity index (χ1) is 8.89. The molecule has 0 saturated heterocycles. The summed E-state index contributed by atoms with van der Waals surface area (Å²) >= 11 is 6.70. The molecule has 108 valence electrons. The van der Waals surface area contributed by atoms with Gasteiger partial charge in [0.25, 0.3) is 0 Å². The van der Waals surface area contributed by atoms with Crippen molar-refractivity contribution in [3.05, 3.63) is 22.9 Å². The van der Waals surface area contributed by atoms with Gasteiger partial charge in [0, 0.05) is 28.7 Å². The highest BCUT2D eigenvalue weighted by molar-refractivity contribution is 9.10. The smallest absolute Gasteiger partial charge is 0.242 e. The van der Waals surface area contributed by atoms with E-state index in [-0.39, 0.29) is 10.3 Å². The predicted molar refractivity (Wildman–Crippen MR) is 83.9 cm³/mol. The standard InChI is InChI=1S/C12H18Br2N2O2S/c1-3-12(4-2,8-13)9-16-19(17,18)11-5-10(14)6-15-7-11/h5-7,16H,3-4,8-9H2,1-2H3. The van der Waals surface area contributed by atoms with E-state index in [1.54, 1.807) is 12.3 Å². The van der Waals surface area contributed by atoms with Crippen LogP contribution in [0.2, 0.25) is 0 Å². The molecule has 19 heavy (non-hydrogen) atoms. The number of aromatic nitrogens is 1. The minimum Gasteiger partial charge on any atom is -0.262 e. The fourth-order valence-corrected chi connectivity index (χ4v) is 4.26. The second kappa shape index (κ2) is 7.15. The summed E-state index contributed by atoms with van der Waals surface area (Å²) in [6.07, 6.45) is 4.72. The summed E-state index contributed by atoms with van der Waals surface area (Å²) in [5.41, 5.74) is -0.0491. The zero-order chi connectivity index (χ0) is 14.5. The molecular formula is C12H18Br2N2O2S. The molecule has 7 heteroatoms. The largest absolute Gasteiger partial charge is 0.262 e. The highest BCUT2D eigenvalue weighted by Gasteiger charge is 2.27. The number of sulfonamides is 1. The Balaban J connectivity index is 2.87. The molecule has 0 bridgehead atoms. The van der Waals surface area contributed by atoms with Gasteiger partial charge in [-0.3, -0.25) is 4.98 Å². The highest BCUT2D eigenvalue weighted by atomic mass is 79.9. The number of hydrogen-bond donors (Lipinski definition) is 1. The molecule has 0 atom stereocenters. The molecular weight excluding hydrogens is 396 g/mol. The van der Waals surface area contributed by atoms with Crippen LogP contribution in [0.25, 0.3) is 0 Å². The maximum Gasteiger partial charge on any atom is 0.242 e. The van der Waals surface area contributed by atoms with Crippen molar-refractivity contribution in [3.8, 4) is 0 Å². The normalized spacial score (nSPS) is 12.6. The molecule has 1 aromatic heterocycles. The van der Waals surface area contributed by atoms with Gasteiger partial charge in [-0.05, 0) is 40.3 Å². The Labute approximate surface area is 131 Å². The van der Waals surface area contributed by atoms with Gasteiger partial charge >= 0.3 is 0 Å². The Kier molecular flexibility index (Phi) is 6.42. The van der Waals surface area contributed by atoms with E-state index in [4.69, 9.17) is 0 Å². The molecule has 0 amide bonds. The number of alkyl halides is 1. The summed E-state index contributed by atoms with van der Waals surface area (Å²) in [6, 6.07) is 1.54. The average molecular weight is 414 g/mol. The van der Waals surface area contributed by atoms with Crippen LogP contribution in [0, 0.1) is 5.41 Å². The van der Waals surface area contributed by atoms with Crippen LogP contribution in [0.1, 0.15) is 26.7 Å². The quantitative estimate of drug-likeness (QED) is 0.697. The molecule has 0 fully saturated rings. The number of halogens is 2. The third kappa shape index (κ3) is 4.51. The van der Waals surface area contributed by atoms with E-state index in [0.717, 1.165) is 18.2 Å². The first-order valence-electron chi connectivity index (χ1n) is 6.05. The van der Waals surface area contributed by atoms with Crippen LogP contribution in [0.3, 0.4) is 0 Å². The van der Waals surface area contributed by atoms with Crippen LogP contribution >= 0.6 is 31.9 Å². The summed E-state index contributed by atoms with van der Waals surface area (Å²) < 4.78 is 27.7. The van der Waals surface area contributed by atoms with Crippen molar-refractivity contribution in [1.82, 2.24) is 9.71 Å². The lowest BCUT2D eigenvalue weighted by Gasteiger charge is -2.29. The number of rotatable bonds is 7. The van der Waals surface area contributed by atoms with Crippen molar-refractivity contribution in [2.24, 2.45) is 5.41 Å². The molecule has 0 radical (unpaired) electrons. The van der Waals surface area contributed by atoms with Crippen molar-refractivity contribution in [3.63, 3.8) is 0 Å². The first kappa shape index (κ1) is 17.1. The van der Waals surface area contributed by atoms with Crippen LogP contribution in [0.4, 0.5) is 0 Å². The molecule has 0 aliphatic heterocycles. The zero-order valence-corrected chi connectivity index (χ0v) is 15.0. The lowest BCUT2D eigenvalue weighted by molar-refractivity contribution is 0.309. The van der Waals surface area contributed by atoms with E-state index in [2.05, 4.69) is 55.4 Å². The maximum absolute atomic E-state index is 12.2. The Morgan fingerprint density at radius 3 is 2.42 bits per heavy atom. The summed E-state index contributed by atoms with van der Waals surface area (Å²) in [7, 11) is -3.51. The molecule has 0 aromatic carbocycles. The molecule has 0 aliphatic carbocycles. The molecule has 0 unspecified atom stereocenters. The van der Waals surface area contributed by atoms with Gasteiger partial charge in [0.15, 0.2) is 0 Å². The second-order valence-corrected chi connectivity index (χ2v) is 7.75.